The Bertz CT molecular complexity index is 1220. The zero-order valence-electron chi connectivity index (χ0n) is 21.2. The average Bonchev–Trinajstić information content (AvgIpc) is 3.49. The lowest BCUT2D eigenvalue weighted by molar-refractivity contribution is -0.143. The summed E-state index contributed by atoms with van der Waals surface area (Å²) in [5, 5.41) is 0. The lowest BCUT2D eigenvalue weighted by Crippen LogP contribution is -2.38. The topological polar surface area (TPSA) is 29.5 Å². The van der Waals surface area contributed by atoms with Gasteiger partial charge in [0.15, 0.2) is 5.78 Å². The maximum absolute atomic E-state index is 13.8. The normalized spacial score (nSPS) is 26.5. The molecule has 3 aliphatic rings. The summed E-state index contributed by atoms with van der Waals surface area (Å²) in [5.74, 6) is -0.252. The monoisotopic (exact) mass is 555 g/mol. The number of fused-ring (bicyclic) bond motifs is 1. The van der Waals surface area contributed by atoms with Gasteiger partial charge in [0.2, 0.25) is 0 Å². The minimum absolute atomic E-state index is 0.0604. The number of ketones is 1. The van der Waals surface area contributed by atoms with E-state index in [0.717, 1.165) is 24.2 Å². The van der Waals surface area contributed by atoms with Crippen LogP contribution in [0.2, 0.25) is 0 Å². The number of allylic oxidation sites excluding steroid dienone is 2. The van der Waals surface area contributed by atoms with Crippen molar-refractivity contribution >= 4 is 5.78 Å². The number of hydrogen-bond acceptors (Lipinski definition) is 3. The van der Waals surface area contributed by atoms with Gasteiger partial charge in [0, 0.05) is 37.2 Å². The van der Waals surface area contributed by atoms with Crippen LogP contribution in [0.5, 0.6) is 0 Å². The molecular weight excluding hydrogens is 527 g/mol. The molecule has 0 spiro atoms. The summed E-state index contributed by atoms with van der Waals surface area (Å²) in [7, 11) is 0. The van der Waals surface area contributed by atoms with Crippen molar-refractivity contribution in [1.29, 1.82) is 0 Å². The second kappa shape index (κ2) is 10.3. The molecular formula is C29H28F7NO2. The van der Waals surface area contributed by atoms with Crippen LogP contribution in [0.15, 0.2) is 54.2 Å². The molecule has 2 aromatic rings. The summed E-state index contributed by atoms with van der Waals surface area (Å²) >= 11 is 0. The highest BCUT2D eigenvalue weighted by Crippen LogP contribution is 2.49. The molecule has 5 rings (SSSR count). The molecule has 2 aromatic carbocycles. The third-order valence-corrected chi connectivity index (χ3v) is 8.25. The molecule has 5 atom stereocenters. The van der Waals surface area contributed by atoms with Crippen LogP contribution in [0, 0.1) is 17.7 Å². The lowest BCUT2D eigenvalue weighted by atomic mass is 9.69. The van der Waals surface area contributed by atoms with Crippen LogP contribution >= 0.6 is 0 Å². The van der Waals surface area contributed by atoms with E-state index in [1.807, 2.05) is 0 Å². The van der Waals surface area contributed by atoms with Gasteiger partial charge >= 0.3 is 12.4 Å². The van der Waals surface area contributed by atoms with Crippen molar-refractivity contribution in [3.63, 3.8) is 0 Å². The van der Waals surface area contributed by atoms with Crippen LogP contribution in [0.3, 0.4) is 0 Å². The highest BCUT2D eigenvalue weighted by atomic mass is 19.4. The number of carbonyl (C=O) groups excluding carboxylic acids is 1. The first kappa shape index (κ1) is 27.7. The number of nitrogens with zero attached hydrogens (tertiary/aromatic N) is 1. The highest BCUT2D eigenvalue weighted by Gasteiger charge is 2.47. The first-order chi connectivity index (χ1) is 18.3. The predicted octanol–water partition coefficient (Wildman–Crippen LogP) is 7.68. The van der Waals surface area contributed by atoms with E-state index in [9.17, 15) is 35.5 Å². The van der Waals surface area contributed by atoms with Crippen LogP contribution in [0.25, 0.3) is 0 Å². The van der Waals surface area contributed by atoms with Crippen molar-refractivity contribution in [3.8, 4) is 0 Å². The van der Waals surface area contributed by atoms with E-state index in [4.69, 9.17) is 4.74 Å². The smallest absolute Gasteiger partial charge is 0.374 e. The Morgan fingerprint density at radius 1 is 0.897 bits per heavy atom. The SMILES string of the molecule is C[C@@H](OC1CC[C@@H]2CN(C3=CC(=O)CC3)C[C@H]2C1c1ccc(F)cc1)c1cc(C(F)(F)F)cc(C(F)(F)F)c1. The van der Waals surface area contributed by atoms with E-state index in [1.54, 1.807) is 18.2 Å². The summed E-state index contributed by atoms with van der Waals surface area (Å²) in [6.07, 6.45) is -7.33. The summed E-state index contributed by atoms with van der Waals surface area (Å²) in [6, 6.07) is 7.53. The molecule has 0 amide bonds. The van der Waals surface area contributed by atoms with Crippen molar-refractivity contribution in [3.05, 3.63) is 82.3 Å². The second-order valence-corrected chi connectivity index (χ2v) is 10.7. The minimum Gasteiger partial charge on any atom is -0.374 e. The molecule has 0 aromatic heterocycles. The maximum Gasteiger partial charge on any atom is 0.416 e. The Balaban J connectivity index is 1.45. The Labute approximate surface area is 221 Å². The number of likely N-dealkylation sites (tertiary alicyclic amines) is 1. The third kappa shape index (κ3) is 5.85. The molecule has 1 saturated heterocycles. The molecule has 1 saturated carbocycles. The quantitative estimate of drug-likeness (QED) is 0.355. The molecule has 1 aliphatic heterocycles. The fourth-order valence-corrected chi connectivity index (χ4v) is 6.36. The molecule has 0 N–H and O–H groups in total. The van der Waals surface area contributed by atoms with E-state index >= 15 is 0 Å². The zero-order valence-corrected chi connectivity index (χ0v) is 21.2. The first-order valence-electron chi connectivity index (χ1n) is 13.0. The van der Waals surface area contributed by atoms with Crippen molar-refractivity contribution < 1.29 is 40.3 Å². The van der Waals surface area contributed by atoms with E-state index in [2.05, 4.69) is 4.90 Å². The van der Waals surface area contributed by atoms with Gasteiger partial charge in [-0.2, -0.15) is 26.3 Å². The van der Waals surface area contributed by atoms with Gasteiger partial charge in [0.05, 0.1) is 23.3 Å². The number of halogens is 7. The average molecular weight is 556 g/mol. The maximum atomic E-state index is 13.8. The fraction of sp³-hybridized carbons (Fsp3) is 0.483. The standard InChI is InChI=1S/C29H28F7NO2/c1-16(19-10-20(28(31,32)33)12-21(11-19)29(34,35)36)39-26-9-4-18-14-37(23-7-8-24(38)13-23)15-25(18)27(26)17-2-5-22(30)6-3-17/h2-3,5-6,10-13,16,18,25-27H,4,7-9,14-15H2,1H3/t16-,18-,25-,26?,27?/m1/s1. The number of hydrogen-bond donors (Lipinski definition) is 0. The van der Waals surface area contributed by atoms with Crippen LogP contribution < -0.4 is 0 Å². The fourth-order valence-electron chi connectivity index (χ4n) is 6.36. The van der Waals surface area contributed by atoms with E-state index in [-0.39, 0.29) is 35.2 Å². The molecule has 2 unspecified atom stereocenters. The van der Waals surface area contributed by atoms with Gasteiger partial charge in [0.25, 0.3) is 0 Å². The number of ether oxygens (including phenoxy) is 1. The summed E-state index contributed by atoms with van der Waals surface area (Å²) in [5.41, 5.74) is -1.18. The van der Waals surface area contributed by atoms with Gasteiger partial charge in [-0.25, -0.2) is 4.39 Å². The Hall–Kier alpha value is -2.88. The van der Waals surface area contributed by atoms with Gasteiger partial charge in [-0.15, -0.1) is 0 Å². The molecule has 2 aliphatic carbocycles. The third-order valence-electron chi connectivity index (χ3n) is 8.25. The van der Waals surface area contributed by atoms with E-state index < -0.39 is 41.5 Å². The highest BCUT2D eigenvalue weighted by molar-refractivity contribution is 5.92. The number of rotatable bonds is 5. The van der Waals surface area contributed by atoms with Gasteiger partial charge in [-0.05, 0) is 79.5 Å². The molecule has 2 fully saturated rings. The Morgan fingerprint density at radius 3 is 2.10 bits per heavy atom. The number of benzene rings is 2. The predicted molar refractivity (Wildman–Crippen MR) is 129 cm³/mol. The van der Waals surface area contributed by atoms with Gasteiger partial charge in [-0.3, -0.25) is 4.79 Å². The molecule has 39 heavy (non-hydrogen) atoms. The largest absolute Gasteiger partial charge is 0.416 e. The Morgan fingerprint density at radius 2 is 1.54 bits per heavy atom. The zero-order chi connectivity index (χ0) is 28.1. The lowest BCUT2D eigenvalue weighted by Gasteiger charge is -2.41. The molecule has 1 heterocycles. The van der Waals surface area contributed by atoms with E-state index in [0.29, 0.717) is 37.9 Å². The van der Waals surface area contributed by atoms with Gasteiger partial charge in [-0.1, -0.05) is 12.1 Å². The molecule has 0 bridgehead atoms. The first-order valence-corrected chi connectivity index (χ1v) is 13.0. The molecule has 3 nitrogen and oxygen atoms in total. The van der Waals surface area contributed by atoms with Crippen LogP contribution in [-0.4, -0.2) is 29.9 Å². The van der Waals surface area contributed by atoms with Crippen LogP contribution in [-0.2, 0) is 21.9 Å². The molecule has 210 valence electrons. The summed E-state index contributed by atoms with van der Waals surface area (Å²) < 4.78 is 101. The molecule has 0 radical (unpaired) electrons. The van der Waals surface area contributed by atoms with Crippen molar-refractivity contribution in [2.45, 2.75) is 63.1 Å². The van der Waals surface area contributed by atoms with Crippen molar-refractivity contribution in [2.24, 2.45) is 11.8 Å². The van der Waals surface area contributed by atoms with Crippen molar-refractivity contribution in [1.82, 2.24) is 4.90 Å². The van der Waals surface area contributed by atoms with Crippen LogP contribution in [0.4, 0.5) is 30.7 Å². The van der Waals surface area contributed by atoms with Gasteiger partial charge < -0.3 is 9.64 Å². The summed E-state index contributed by atoms with van der Waals surface area (Å²) in [4.78, 5) is 14.0. The van der Waals surface area contributed by atoms with Gasteiger partial charge in [0.1, 0.15) is 5.82 Å². The van der Waals surface area contributed by atoms with Crippen molar-refractivity contribution in [2.75, 3.05) is 13.1 Å². The second-order valence-electron chi connectivity index (χ2n) is 10.7. The van der Waals surface area contributed by atoms with E-state index in [1.165, 1.54) is 19.1 Å². The minimum atomic E-state index is -4.95. The Kier molecular flexibility index (Phi) is 7.28. The molecule has 10 heteroatoms. The summed E-state index contributed by atoms with van der Waals surface area (Å²) in [6.45, 7) is 2.85. The van der Waals surface area contributed by atoms with Crippen LogP contribution in [0.1, 0.15) is 66.9 Å². The number of alkyl halides is 6. The number of carbonyl (C=O) groups is 1.